The molecular formula is C17H34IN5O2. The molecule has 1 N–H and O–H groups in total. The van der Waals surface area contributed by atoms with Gasteiger partial charge in [-0.05, 0) is 13.3 Å². The number of aliphatic imine (C=N–C) groups is 1. The largest absolute Gasteiger partial charge is 0.354 e. The second kappa shape index (κ2) is 11.5. The summed E-state index contributed by atoms with van der Waals surface area (Å²) in [6, 6.07) is 0.286. The molecule has 0 aromatic rings. The lowest BCUT2D eigenvalue weighted by Crippen LogP contribution is -2.55. The summed E-state index contributed by atoms with van der Waals surface area (Å²) < 4.78 is 0. The Labute approximate surface area is 169 Å². The number of guanidine groups is 1. The standard InChI is InChI=1S/C17H33N5O2.HI/c1-7-14(4)19-17(18-12-15(23)20(5)6)22-10-8-21(9-11-22)16(24)13(2)3;/h13-14H,7-12H2,1-6H3,(H,18,19);1H. The van der Waals surface area contributed by atoms with E-state index in [0.717, 1.165) is 25.5 Å². The number of nitrogens with zero attached hydrogens (tertiary/aromatic N) is 4. The van der Waals surface area contributed by atoms with Crippen molar-refractivity contribution < 1.29 is 9.59 Å². The molecule has 1 atom stereocenters. The molecule has 2 amide bonds. The van der Waals surface area contributed by atoms with Crippen LogP contribution in [0.4, 0.5) is 0 Å². The molecule has 1 aliphatic heterocycles. The maximum Gasteiger partial charge on any atom is 0.243 e. The normalized spacial score (nSPS) is 16.4. The Hall–Kier alpha value is -1.06. The van der Waals surface area contributed by atoms with Crippen molar-refractivity contribution in [1.82, 2.24) is 20.0 Å². The zero-order valence-corrected chi connectivity index (χ0v) is 18.7. The first-order chi connectivity index (χ1) is 11.3. The Morgan fingerprint density at radius 3 is 2.04 bits per heavy atom. The first-order valence-electron chi connectivity index (χ1n) is 8.81. The minimum absolute atomic E-state index is 0. The van der Waals surface area contributed by atoms with Crippen LogP contribution in [0.25, 0.3) is 0 Å². The molecule has 0 saturated carbocycles. The number of nitrogens with one attached hydrogen (secondary N) is 1. The van der Waals surface area contributed by atoms with Crippen LogP contribution in [-0.4, -0.2) is 85.3 Å². The number of hydrogen-bond donors (Lipinski definition) is 1. The molecule has 1 rings (SSSR count). The van der Waals surface area contributed by atoms with E-state index in [9.17, 15) is 9.59 Å². The van der Waals surface area contributed by atoms with Crippen LogP contribution in [0, 0.1) is 5.92 Å². The van der Waals surface area contributed by atoms with Crippen molar-refractivity contribution in [2.24, 2.45) is 10.9 Å². The highest BCUT2D eigenvalue weighted by Gasteiger charge is 2.25. The predicted molar refractivity (Wildman–Crippen MR) is 112 cm³/mol. The second-order valence-electron chi connectivity index (χ2n) is 6.85. The Balaban J connectivity index is 0.00000576. The van der Waals surface area contributed by atoms with Gasteiger partial charge >= 0.3 is 0 Å². The van der Waals surface area contributed by atoms with Crippen LogP contribution in [0.3, 0.4) is 0 Å². The van der Waals surface area contributed by atoms with Crippen LogP contribution in [0.2, 0.25) is 0 Å². The monoisotopic (exact) mass is 467 g/mol. The Morgan fingerprint density at radius 1 is 1.08 bits per heavy atom. The van der Waals surface area contributed by atoms with Crippen LogP contribution in [0.1, 0.15) is 34.1 Å². The van der Waals surface area contributed by atoms with Gasteiger partial charge in [-0.3, -0.25) is 9.59 Å². The average Bonchev–Trinajstić information content (AvgIpc) is 2.57. The molecule has 7 nitrogen and oxygen atoms in total. The van der Waals surface area contributed by atoms with Crippen LogP contribution < -0.4 is 5.32 Å². The van der Waals surface area contributed by atoms with Crippen LogP contribution >= 0.6 is 24.0 Å². The summed E-state index contributed by atoms with van der Waals surface area (Å²) in [5, 5.41) is 3.40. The SMILES string of the molecule is CCC(C)NC(=NCC(=O)N(C)C)N1CCN(C(=O)C(C)C)CC1.I. The van der Waals surface area contributed by atoms with E-state index in [0.29, 0.717) is 13.1 Å². The number of halogens is 1. The number of amides is 2. The molecule has 1 saturated heterocycles. The van der Waals surface area contributed by atoms with E-state index in [1.165, 1.54) is 0 Å². The van der Waals surface area contributed by atoms with Crippen molar-refractivity contribution in [3.8, 4) is 0 Å². The van der Waals surface area contributed by atoms with Crippen molar-refractivity contribution in [2.75, 3.05) is 46.8 Å². The van der Waals surface area contributed by atoms with Crippen LogP contribution in [0.15, 0.2) is 4.99 Å². The molecule has 0 spiro atoms. The van der Waals surface area contributed by atoms with Gasteiger partial charge in [0.1, 0.15) is 6.54 Å². The average molecular weight is 467 g/mol. The summed E-state index contributed by atoms with van der Waals surface area (Å²) in [6.07, 6.45) is 0.979. The topological polar surface area (TPSA) is 68.2 Å². The molecule has 146 valence electrons. The van der Waals surface area contributed by atoms with Gasteiger partial charge in [0.05, 0.1) is 0 Å². The van der Waals surface area contributed by atoms with E-state index < -0.39 is 0 Å². The van der Waals surface area contributed by atoms with Gasteiger partial charge in [-0.1, -0.05) is 20.8 Å². The number of likely N-dealkylation sites (N-methyl/N-ethyl adjacent to an activating group) is 1. The van der Waals surface area contributed by atoms with Gasteiger partial charge < -0.3 is 20.0 Å². The van der Waals surface area contributed by atoms with E-state index in [1.807, 2.05) is 18.7 Å². The Kier molecular flexibility index (Phi) is 11.0. The van der Waals surface area contributed by atoms with Gasteiger partial charge in [-0.2, -0.15) is 0 Å². The third kappa shape index (κ3) is 7.79. The Bertz CT molecular complexity index is 460. The molecule has 1 aliphatic rings. The molecular weight excluding hydrogens is 433 g/mol. The lowest BCUT2D eigenvalue weighted by Gasteiger charge is -2.38. The second-order valence-corrected chi connectivity index (χ2v) is 6.85. The molecule has 1 heterocycles. The molecule has 0 radical (unpaired) electrons. The van der Waals surface area contributed by atoms with E-state index in [1.54, 1.807) is 19.0 Å². The number of hydrogen-bond acceptors (Lipinski definition) is 3. The summed E-state index contributed by atoms with van der Waals surface area (Å²) in [7, 11) is 3.46. The summed E-state index contributed by atoms with van der Waals surface area (Å²) in [6.45, 7) is 11.1. The van der Waals surface area contributed by atoms with Gasteiger partial charge in [0.15, 0.2) is 5.96 Å². The third-order valence-electron chi connectivity index (χ3n) is 4.24. The fourth-order valence-electron chi connectivity index (χ4n) is 2.35. The number of carbonyl (C=O) groups is 2. The van der Waals surface area contributed by atoms with Crippen molar-refractivity contribution in [2.45, 2.75) is 40.2 Å². The fourth-order valence-corrected chi connectivity index (χ4v) is 2.35. The highest BCUT2D eigenvalue weighted by atomic mass is 127. The van der Waals surface area contributed by atoms with Gasteiger partial charge in [-0.15, -0.1) is 24.0 Å². The lowest BCUT2D eigenvalue weighted by molar-refractivity contribution is -0.135. The summed E-state index contributed by atoms with van der Waals surface area (Å²) >= 11 is 0. The minimum Gasteiger partial charge on any atom is -0.354 e. The molecule has 1 fully saturated rings. The molecule has 1 unspecified atom stereocenters. The van der Waals surface area contributed by atoms with Crippen molar-refractivity contribution in [1.29, 1.82) is 0 Å². The first-order valence-corrected chi connectivity index (χ1v) is 8.81. The molecule has 0 aromatic carbocycles. The molecule has 0 aromatic heterocycles. The predicted octanol–water partition coefficient (Wildman–Crippen LogP) is 1.24. The maximum atomic E-state index is 12.1. The van der Waals surface area contributed by atoms with E-state index in [2.05, 4.69) is 29.1 Å². The summed E-state index contributed by atoms with van der Waals surface area (Å²) in [4.78, 5) is 34.0. The van der Waals surface area contributed by atoms with Crippen LogP contribution in [-0.2, 0) is 9.59 Å². The lowest BCUT2D eigenvalue weighted by atomic mass is 10.1. The van der Waals surface area contributed by atoms with Gasteiger partial charge in [0.2, 0.25) is 11.8 Å². The van der Waals surface area contributed by atoms with Gasteiger partial charge in [-0.25, -0.2) is 4.99 Å². The van der Waals surface area contributed by atoms with E-state index >= 15 is 0 Å². The third-order valence-corrected chi connectivity index (χ3v) is 4.24. The highest BCUT2D eigenvalue weighted by Crippen LogP contribution is 2.08. The summed E-state index contributed by atoms with van der Waals surface area (Å²) in [5.74, 6) is 0.967. The zero-order valence-electron chi connectivity index (χ0n) is 16.4. The Morgan fingerprint density at radius 2 is 1.60 bits per heavy atom. The minimum atomic E-state index is -0.0212. The van der Waals surface area contributed by atoms with Gasteiger partial charge in [0, 0.05) is 52.2 Å². The van der Waals surface area contributed by atoms with E-state index in [-0.39, 0.29) is 54.3 Å². The van der Waals surface area contributed by atoms with Crippen molar-refractivity contribution >= 4 is 41.8 Å². The molecule has 8 heteroatoms. The first kappa shape index (κ1) is 23.9. The quantitative estimate of drug-likeness (QED) is 0.376. The van der Waals surface area contributed by atoms with Crippen molar-refractivity contribution in [3.05, 3.63) is 0 Å². The maximum absolute atomic E-state index is 12.1. The molecule has 25 heavy (non-hydrogen) atoms. The zero-order chi connectivity index (χ0) is 18.3. The molecule has 0 aliphatic carbocycles. The number of carbonyl (C=O) groups excluding carboxylic acids is 2. The molecule has 0 bridgehead atoms. The van der Waals surface area contributed by atoms with Crippen molar-refractivity contribution in [3.63, 3.8) is 0 Å². The summed E-state index contributed by atoms with van der Waals surface area (Å²) in [5.41, 5.74) is 0. The smallest absolute Gasteiger partial charge is 0.243 e. The van der Waals surface area contributed by atoms with Gasteiger partial charge in [0.25, 0.3) is 0 Å². The number of piperazine rings is 1. The fraction of sp³-hybridized carbons (Fsp3) is 0.824. The van der Waals surface area contributed by atoms with Crippen LogP contribution in [0.5, 0.6) is 0 Å². The number of rotatable bonds is 5. The highest BCUT2D eigenvalue weighted by molar-refractivity contribution is 14.0. The van der Waals surface area contributed by atoms with E-state index in [4.69, 9.17) is 0 Å².